The molecule has 24 heavy (non-hydrogen) atoms. The summed E-state index contributed by atoms with van der Waals surface area (Å²) in [6.07, 6.45) is 1.80. The van der Waals surface area contributed by atoms with Gasteiger partial charge in [0, 0.05) is 0 Å². The maximum absolute atomic E-state index is 13.0. The van der Waals surface area contributed by atoms with Gasteiger partial charge < -0.3 is 10.1 Å². The van der Waals surface area contributed by atoms with Gasteiger partial charge in [0.1, 0.15) is 11.4 Å². The number of aromatic nitrogens is 2. The number of benzene rings is 1. The van der Waals surface area contributed by atoms with Gasteiger partial charge in [-0.25, -0.2) is 13.9 Å². The number of hydrogen-bond acceptors (Lipinski definition) is 4. The Kier molecular flexibility index (Phi) is 5.02. The van der Waals surface area contributed by atoms with Crippen molar-refractivity contribution in [1.82, 2.24) is 15.1 Å². The van der Waals surface area contributed by atoms with Crippen LogP contribution < -0.4 is 5.32 Å². The second kappa shape index (κ2) is 6.82. The van der Waals surface area contributed by atoms with E-state index in [0.29, 0.717) is 23.4 Å². The Morgan fingerprint density at radius 2 is 1.96 bits per heavy atom. The lowest BCUT2D eigenvalue weighted by Gasteiger charge is -2.26. The van der Waals surface area contributed by atoms with Crippen molar-refractivity contribution in [2.45, 2.75) is 32.7 Å². The van der Waals surface area contributed by atoms with Gasteiger partial charge in [-0.1, -0.05) is 6.92 Å². The normalized spacial score (nSPS) is 13.2. The van der Waals surface area contributed by atoms with Crippen LogP contribution in [0.4, 0.5) is 4.39 Å². The van der Waals surface area contributed by atoms with Gasteiger partial charge in [0.05, 0.1) is 30.3 Å². The first-order chi connectivity index (χ1) is 11.3. The van der Waals surface area contributed by atoms with Gasteiger partial charge in [-0.2, -0.15) is 5.10 Å². The minimum atomic E-state index is -1.11. The van der Waals surface area contributed by atoms with Crippen LogP contribution in [-0.2, 0) is 9.53 Å². The zero-order chi connectivity index (χ0) is 17.9. The molecule has 1 atom stereocenters. The molecule has 0 saturated heterocycles. The standard InChI is InChI=1S/C17H20FN3O3/c1-5-17(3,16(23)24-4)20-15(22)14-10-19-21(11(14)2)13-8-6-12(18)7-9-13/h6-10H,5H2,1-4H3,(H,20,22). The van der Waals surface area contributed by atoms with Crippen LogP contribution in [-0.4, -0.2) is 34.3 Å². The number of esters is 1. The highest BCUT2D eigenvalue weighted by Gasteiger charge is 2.35. The first kappa shape index (κ1) is 17.7. The zero-order valence-corrected chi connectivity index (χ0v) is 14.1. The van der Waals surface area contributed by atoms with Gasteiger partial charge in [-0.05, 0) is 44.5 Å². The third-order valence-corrected chi connectivity index (χ3v) is 4.06. The van der Waals surface area contributed by atoms with Crippen LogP contribution in [0.5, 0.6) is 0 Å². The largest absolute Gasteiger partial charge is 0.467 e. The fraction of sp³-hybridized carbons (Fsp3) is 0.353. The molecule has 1 aromatic carbocycles. The fourth-order valence-corrected chi connectivity index (χ4v) is 2.30. The van der Waals surface area contributed by atoms with Crippen LogP contribution in [0.15, 0.2) is 30.5 Å². The highest BCUT2D eigenvalue weighted by atomic mass is 19.1. The third-order valence-electron chi connectivity index (χ3n) is 4.06. The molecule has 0 radical (unpaired) electrons. The Morgan fingerprint density at radius 3 is 2.50 bits per heavy atom. The molecule has 2 aromatic rings. The molecule has 0 saturated carbocycles. The Hall–Kier alpha value is -2.70. The number of carbonyl (C=O) groups excluding carboxylic acids is 2. The molecule has 1 amide bonds. The van der Waals surface area contributed by atoms with E-state index < -0.39 is 17.4 Å². The predicted molar refractivity (Wildman–Crippen MR) is 86.4 cm³/mol. The number of ether oxygens (including phenoxy) is 1. The number of nitrogens with zero attached hydrogens (tertiary/aromatic N) is 2. The summed E-state index contributed by atoms with van der Waals surface area (Å²) in [6, 6.07) is 5.78. The molecule has 7 heteroatoms. The topological polar surface area (TPSA) is 73.2 Å². The van der Waals surface area contributed by atoms with E-state index in [9.17, 15) is 14.0 Å². The van der Waals surface area contributed by atoms with E-state index in [1.807, 2.05) is 0 Å². The summed E-state index contributed by atoms with van der Waals surface area (Å²) in [5.41, 5.74) is 0.445. The van der Waals surface area contributed by atoms with Crippen molar-refractivity contribution in [3.05, 3.63) is 47.5 Å². The molecule has 2 rings (SSSR count). The van der Waals surface area contributed by atoms with Crippen LogP contribution in [0.3, 0.4) is 0 Å². The molecule has 0 aliphatic carbocycles. The number of rotatable bonds is 5. The second-order valence-electron chi connectivity index (χ2n) is 5.66. The molecule has 0 aliphatic heterocycles. The van der Waals surface area contributed by atoms with E-state index >= 15 is 0 Å². The van der Waals surface area contributed by atoms with Crippen molar-refractivity contribution in [2.24, 2.45) is 0 Å². The van der Waals surface area contributed by atoms with Crippen LogP contribution in [0.2, 0.25) is 0 Å². The van der Waals surface area contributed by atoms with Gasteiger partial charge in [-0.15, -0.1) is 0 Å². The quantitative estimate of drug-likeness (QED) is 0.853. The van der Waals surface area contributed by atoms with Crippen molar-refractivity contribution in [2.75, 3.05) is 7.11 Å². The summed E-state index contributed by atoms with van der Waals surface area (Å²) in [5, 5.41) is 6.87. The molecule has 1 aromatic heterocycles. The Labute approximate surface area is 139 Å². The first-order valence-electron chi connectivity index (χ1n) is 7.54. The average molecular weight is 333 g/mol. The highest BCUT2D eigenvalue weighted by Crippen LogP contribution is 2.17. The van der Waals surface area contributed by atoms with Gasteiger partial charge in [0.2, 0.25) is 0 Å². The molecule has 0 spiro atoms. The van der Waals surface area contributed by atoms with Crippen molar-refractivity contribution in [1.29, 1.82) is 0 Å². The van der Waals surface area contributed by atoms with Crippen LogP contribution >= 0.6 is 0 Å². The monoisotopic (exact) mass is 333 g/mol. The number of carbonyl (C=O) groups is 2. The summed E-state index contributed by atoms with van der Waals surface area (Å²) in [7, 11) is 1.28. The van der Waals surface area contributed by atoms with Crippen molar-refractivity contribution in [3.8, 4) is 5.69 Å². The zero-order valence-electron chi connectivity index (χ0n) is 14.1. The van der Waals surface area contributed by atoms with Crippen molar-refractivity contribution < 1.29 is 18.7 Å². The van der Waals surface area contributed by atoms with Crippen LogP contribution in [0.25, 0.3) is 5.69 Å². The molecular formula is C17H20FN3O3. The maximum atomic E-state index is 13.0. The van der Waals surface area contributed by atoms with Gasteiger partial charge >= 0.3 is 5.97 Å². The lowest BCUT2D eigenvalue weighted by atomic mass is 9.98. The van der Waals surface area contributed by atoms with E-state index in [-0.39, 0.29) is 5.82 Å². The van der Waals surface area contributed by atoms with Gasteiger partial charge in [0.25, 0.3) is 5.91 Å². The maximum Gasteiger partial charge on any atom is 0.331 e. The summed E-state index contributed by atoms with van der Waals surface area (Å²) < 4.78 is 19.3. The van der Waals surface area contributed by atoms with Gasteiger partial charge in [0.15, 0.2) is 0 Å². The van der Waals surface area contributed by atoms with Gasteiger partial charge in [-0.3, -0.25) is 4.79 Å². The predicted octanol–water partition coefficient (Wildman–Crippen LogP) is 2.39. The molecule has 1 N–H and O–H groups in total. The summed E-state index contributed by atoms with van der Waals surface area (Å²) in [5.74, 6) is -1.28. The number of halogens is 1. The molecular weight excluding hydrogens is 313 g/mol. The Bertz CT molecular complexity index is 755. The molecule has 1 heterocycles. The van der Waals surface area contributed by atoms with Crippen molar-refractivity contribution in [3.63, 3.8) is 0 Å². The second-order valence-corrected chi connectivity index (χ2v) is 5.66. The Morgan fingerprint density at radius 1 is 1.33 bits per heavy atom. The minimum Gasteiger partial charge on any atom is -0.467 e. The molecule has 1 unspecified atom stereocenters. The van der Waals surface area contributed by atoms with Crippen LogP contribution in [0.1, 0.15) is 36.3 Å². The molecule has 128 valence electrons. The lowest BCUT2D eigenvalue weighted by Crippen LogP contribution is -2.52. The average Bonchev–Trinajstić information content (AvgIpc) is 2.96. The fourth-order valence-electron chi connectivity index (χ4n) is 2.30. The Balaban J connectivity index is 2.28. The summed E-state index contributed by atoms with van der Waals surface area (Å²) >= 11 is 0. The summed E-state index contributed by atoms with van der Waals surface area (Å²) in [4.78, 5) is 24.4. The molecule has 0 bridgehead atoms. The molecule has 6 nitrogen and oxygen atoms in total. The number of hydrogen-bond donors (Lipinski definition) is 1. The van der Waals surface area contributed by atoms with Crippen LogP contribution in [0, 0.1) is 12.7 Å². The smallest absolute Gasteiger partial charge is 0.331 e. The van der Waals surface area contributed by atoms with E-state index in [1.54, 1.807) is 32.9 Å². The number of nitrogens with one attached hydrogen (secondary N) is 1. The lowest BCUT2D eigenvalue weighted by molar-refractivity contribution is -0.147. The summed E-state index contributed by atoms with van der Waals surface area (Å²) in [6.45, 7) is 5.12. The highest BCUT2D eigenvalue weighted by molar-refractivity contribution is 5.98. The SMILES string of the molecule is CCC(C)(NC(=O)c1cnn(-c2ccc(F)cc2)c1C)C(=O)OC. The molecule has 0 fully saturated rings. The van der Waals surface area contributed by atoms with E-state index in [1.165, 1.54) is 30.1 Å². The van der Waals surface area contributed by atoms with E-state index in [0.717, 1.165) is 0 Å². The minimum absolute atomic E-state index is 0.336. The number of amides is 1. The van der Waals surface area contributed by atoms with E-state index in [4.69, 9.17) is 4.74 Å². The molecule has 0 aliphatic rings. The first-order valence-corrected chi connectivity index (χ1v) is 7.54. The number of methoxy groups -OCH3 is 1. The third kappa shape index (κ3) is 3.29. The van der Waals surface area contributed by atoms with Crippen molar-refractivity contribution >= 4 is 11.9 Å². The van der Waals surface area contributed by atoms with E-state index in [2.05, 4.69) is 10.4 Å².